The number of methoxy groups -OCH3 is 1. The molecule has 2 aromatic rings. The quantitative estimate of drug-likeness (QED) is 0.682. The Morgan fingerprint density at radius 2 is 1.75 bits per heavy atom. The van der Waals surface area contributed by atoms with Gasteiger partial charge in [0.05, 0.1) is 18.0 Å². The molecule has 0 amide bonds. The Kier molecular flexibility index (Phi) is 6.15. The monoisotopic (exact) mass is 405 g/mol. The summed E-state index contributed by atoms with van der Waals surface area (Å²) in [5.41, 5.74) is 1.72. The van der Waals surface area contributed by atoms with Crippen LogP contribution in [0.25, 0.3) is 0 Å². The maximum absolute atomic E-state index is 13.5. The van der Waals surface area contributed by atoms with Gasteiger partial charge in [0, 0.05) is 12.5 Å². The average molecular weight is 405 g/mol. The van der Waals surface area contributed by atoms with E-state index in [1.54, 1.807) is 36.4 Å². The number of rotatable bonds is 6. The maximum atomic E-state index is 13.5. The van der Waals surface area contributed by atoms with E-state index in [0.717, 1.165) is 11.1 Å². The van der Waals surface area contributed by atoms with Gasteiger partial charge in [-0.1, -0.05) is 29.8 Å². The normalized spacial score (nSPS) is 20.2. The fourth-order valence-corrected chi connectivity index (χ4v) is 5.60. The molecule has 7 heteroatoms. The first-order valence-electron chi connectivity index (χ1n) is 9.25. The zero-order chi connectivity index (χ0) is 20.3. The molecule has 2 unspecified atom stereocenters. The van der Waals surface area contributed by atoms with Crippen LogP contribution < -0.4 is 0 Å². The molecule has 1 saturated heterocycles. The van der Waals surface area contributed by atoms with Gasteiger partial charge in [-0.05, 0) is 56.0 Å². The Labute approximate surface area is 165 Å². The van der Waals surface area contributed by atoms with Gasteiger partial charge in [-0.3, -0.25) is 4.79 Å². The van der Waals surface area contributed by atoms with Crippen molar-refractivity contribution >= 4 is 16.0 Å². The summed E-state index contributed by atoms with van der Waals surface area (Å²) in [5.74, 6) is -0.727. The number of ether oxygens (including phenoxy) is 1. The predicted molar refractivity (Wildman–Crippen MR) is 104 cm³/mol. The molecule has 0 aliphatic carbocycles. The fraction of sp³-hybridized carbons (Fsp3) is 0.381. The molecule has 2 atom stereocenters. The highest BCUT2D eigenvalue weighted by atomic mass is 32.2. The van der Waals surface area contributed by atoms with E-state index in [1.807, 2.05) is 6.92 Å². The molecular formula is C21H24FNO4S. The first-order valence-corrected chi connectivity index (χ1v) is 10.7. The highest BCUT2D eigenvalue weighted by Crippen LogP contribution is 2.42. The third kappa shape index (κ3) is 4.25. The molecule has 0 aromatic heterocycles. The molecule has 28 heavy (non-hydrogen) atoms. The summed E-state index contributed by atoms with van der Waals surface area (Å²) < 4.78 is 46.5. The van der Waals surface area contributed by atoms with Gasteiger partial charge in [0.1, 0.15) is 5.82 Å². The predicted octanol–water partition coefficient (Wildman–Crippen LogP) is 3.98. The van der Waals surface area contributed by atoms with E-state index >= 15 is 0 Å². The highest BCUT2D eigenvalue weighted by molar-refractivity contribution is 7.89. The number of halogens is 1. The first kappa shape index (κ1) is 20.5. The zero-order valence-corrected chi connectivity index (χ0v) is 16.8. The van der Waals surface area contributed by atoms with E-state index in [2.05, 4.69) is 0 Å². The zero-order valence-electron chi connectivity index (χ0n) is 16.0. The van der Waals surface area contributed by atoms with Crippen LogP contribution in [-0.4, -0.2) is 31.8 Å². The molecule has 3 rings (SSSR count). The van der Waals surface area contributed by atoms with Crippen molar-refractivity contribution in [1.29, 1.82) is 0 Å². The van der Waals surface area contributed by atoms with Crippen molar-refractivity contribution < 1.29 is 22.3 Å². The molecule has 1 fully saturated rings. The lowest BCUT2D eigenvalue weighted by molar-refractivity contribution is -0.140. The second-order valence-corrected chi connectivity index (χ2v) is 8.90. The lowest BCUT2D eigenvalue weighted by Gasteiger charge is -2.30. The van der Waals surface area contributed by atoms with Gasteiger partial charge in [0.15, 0.2) is 0 Å². The van der Waals surface area contributed by atoms with E-state index in [-0.39, 0.29) is 29.1 Å². The smallest absolute Gasteiger partial charge is 0.305 e. The second-order valence-electron chi connectivity index (χ2n) is 7.06. The van der Waals surface area contributed by atoms with Crippen LogP contribution in [0.3, 0.4) is 0 Å². The average Bonchev–Trinajstić information content (AvgIpc) is 3.12. The molecular weight excluding hydrogens is 381 g/mol. The number of nitrogens with zero attached hydrogens (tertiary/aromatic N) is 1. The van der Waals surface area contributed by atoms with Gasteiger partial charge in [0.2, 0.25) is 10.0 Å². The maximum Gasteiger partial charge on any atom is 0.305 e. The number of sulfonamides is 1. The van der Waals surface area contributed by atoms with E-state index in [4.69, 9.17) is 4.74 Å². The van der Waals surface area contributed by atoms with Crippen LogP contribution >= 0.6 is 0 Å². The molecule has 0 radical (unpaired) electrons. The van der Waals surface area contributed by atoms with Crippen LogP contribution in [0, 0.1) is 12.7 Å². The summed E-state index contributed by atoms with van der Waals surface area (Å²) in [7, 11) is -2.46. The SMILES string of the molecule is COC(=O)CCC1CCC(c2ccc(F)cc2)N1S(=O)(=O)c1ccc(C)cc1. The molecule has 150 valence electrons. The number of aryl methyl sites for hydroxylation is 1. The molecule has 1 aliphatic heterocycles. The minimum absolute atomic E-state index is 0.150. The molecule has 0 saturated carbocycles. The molecule has 2 aromatic carbocycles. The summed E-state index contributed by atoms with van der Waals surface area (Å²) in [6.07, 6.45) is 1.78. The Morgan fingerprint density at radius 3 is 2.36 bits per heavy atom. The minimum atomic E-state index is -3.78. The van der Waals surface area contributed by atoms with Gasteiger partial charge in [-0.15, -0.1) is 0 Å². The Bertz CT molecular complexity index is 926. The fourth-order valence-electron chi connectivity index (χ4n) is 3.71. The first-order chi connectivity index (χ1) is 13.3. The van der Waals surface area contributed by atoms with Gasteiger partial charge in [0.25, 0.3) is 0 Å². The second kappa shape index (κ2) is 8.41. The molecule has 5 nitrogen and oxygen atoms in total. The van der Waals surface area contributed by atoms with Gasteiger partial charge >= 0.3 is 5.97 Å². The number of esters is 1. The van der Waals surface area contributed by atoms with Crippen molar-refractivity contribution in [2.75, 3.05) is 7.11 Å². The Morgan fingerprint density at radius 1 is 1.11 bits per heavy atom. The summed E-state index contributed by atoms with van der Waals surface area (Å²) in [5, 5.41) is 0. The van der Waals surface area contributed by atoms with Gasteiger partial charge in [-0.25, -0.2) is 12.8 Å². The van der Waals surface area contributed by atoms with Gasteiger partial charge < -0.3 is 4.74 Å². The molecule has 1 heterocycles. The van der Waals surface area contributed by atoms with Crippen molar-refractivity contribution in [1.82, 2.24) is 4.31 Å². The largest absolute Gasteiger partial charge is 0.469 e. The lowest BCUT2D eigenvalue weighted by atomic mass is 10.1. The third-order valence-electron chi connectivity index (χ3n) is 5.20. The summed E-state index contributed by atoms with van der Waals surface area (Å²) in [6, 6.07) is 11.9. The minimum Gasteiger partial charge on any atom is -0.469 e. The number of hydrogen-bond donors (Lipinski definition) is 0. The van der Waals surface area contributed by atoms with E-state index < -0.39 is 16.1 Å². The van der Waals surface area contributed by atoms with Crippen LogP contribution in [0.15, 0.2) is 53.4 Å². The number of carbonyl (C=O) groups excluding carboxylic acids is 1. The van der Waals surface area contributed by atoms with Crippen molar-refractivity contribution in [2.24, 2.45) is 0 Å². The van der Waals surface area contributed by atoms with E-state index in [0.29, 0.717) is 19.3 Å². The number of carbonyl (C=O) groups is 1. The van der Waals surface area contributed by atoms with Crippen LogP contribution in [0.2, 0.25) is 0 Å². The number of hydrogen-bond acceptors (Lipinski definition) is 4. The summed E-state index contributed by atoms with van der Waals surface area (Å²) in [4.78, 5) is 11.8. The molecule has 0 N–H and O–H groups in total. The van der Waals surface area contributed by atoms with Crippen molar-refractivity contribution in [2.45, 2.75) is 49.6 Å². The molecule has 0 bridgehead atoms. The van der Waals surface area contributed by atoms with Crippen LogP contribution in [0.4, 0.5) is 4.39 Å². The number of benzene rings is 2. The topological polar surface area (TPSA) is 63.7 Å². The summed E-state index contributed by atoms with van der Waals surface area (Å²) >= 11 is 0. The van der Waals surface area contributed by atoms with Crippen molar-refractivity contribution in [3.63, 3.8) is 0 Å². The van der Waals surface area contributed by atoms with Crippen LogP contribution in [0.1, 0.15) is 42.9 Å². The summed E-state index contributed by atoms with van der Waals surface area (Å²) in [6.45, 7) is 1.90. The van der Waals surface area contributed by atoms with E-state index in [9.17, 15) is 17.6 Å². The van der Waals surface area contributed by atoms with Crippen LogP contribution in [-0.2, 0) is 19.6 Å². The van der Waals surface area contributed by atoms with Crippen molar-refractivity contribution in [3.8, 4) is 0 Å². The Balaban J connectivity index is 1.97. The lowest BCUT2D eigenvalue weighted by Crippen LogP contribution is -2.37. The van der Waals surface area contributed by atoms with Gasteiger partial charge in [-0.2, -0.15) is 4.31 Å². The third-order valence-corrected chi connectivity index (χ3v) is 7.18. The highest BCUT2D eigenvalue weighted by Gasteiger charge is 2.42. The van der Waals surface area contributed by atoms with Crippen molar-refractivity contribution in [3.05, 3.63) is 65.5 Å². The standard InChI is InChI=1S/C21H24FNO4S/c1-15-3-11-19(12-4-15)28(25,26)23-18(10-14-21(24)27-2)9-13-20(23)16-5-7-17(22)8-6-16/h3-8,11-12,18,20H,9-10,13-14H2,1-2H3. The van der Waals surface area contributed by atoms with E-state index in [1.165, 1.54) is 23.5 Å². The van der Waals surface area contributed by atoms with Crippen LogP contribution in [0.5, 0.6) is 0 Å². The molecule has 0 spiro atoms. The Hall–Kier alpha value is -2.25. The molecule has 1 aliphatic rings.